The molecule has 1 atom stereocenters. The van der Waals surface area contributed by atoms with Crippen LogP contribution in [0.2, 0.25) is 5.02 Å². The molecule has 2 N–H and O–H groups in total. The molecule has 2 aromatic rings. The summed E-state index contributed by atoms with van der Waals surface area (Å²) in [5, 5.41) is 13.1. The van der Waals surface area contributed by atoms with Crippen LogP contribution in [0.4, 0.5) is 5.69 Å². The standard InChI is InChI=1S/C17H20ClNO/c1-13(15-7-9-16(18)10-8-15)19-17-6-2-4-14(12-17)5-3-11-20/h2,4,6-10,12-13,19-20H,3,5,11H2,1H3. The fourth-order valence-electron chi connectivity index (χ4n) is 2.18. The van der Waals surface area contributed by atoms with Crippen LogP contribution in [-0.4, -0.2) is 11.7 Å². The Bertz CT molecular complexity index is 539. The van der Waals surface area contributed by atoms with Crippen molar-refractivity contribution in [1.29, 1.82) is 0 Å². The summed E-state index contributed by atoms with van der Waals surface area (Å²) in [4.78, 5) is 0. The number of aliphatic hydroxyl groups excluding tert-OH is 1. The second-order valence-electron chi connectivity index (χ2n) is 4.95. The number of halogens is 1. The third kappa shape index (κ3) is 4.26. The van der Waals surface area contributed by atoms with E-state index in [2.05, 4.69) is 30.4 Å². The molecule has 0 radical (unpaired) electrons. The van der Waals surface area contributed by atoms with Gasteiger partial charge in [0.15, 0.2) is 0 Å². The number of aryl methyl sites for hydroxylation is 1. The van der Waals surface area contributed by atoms with E-state index < -0.39 is 0 Å². The van der Waals surface area contributed by atoms with Crippen LogP contribution in [0.15, 0.2) is 48.5 Å². The Morgan fingerprint density at radius 1 is 1.15 bits per heavy atom. The summed E-state index contributed by atoms with van der Waals surface area (Å²) >= 11 is 5.90. The number of hydrogen-bond acceptors (Lipinski definition) is 2. The van der Waals surface area contributed by atoms with Gasteiger partial charge in [0.2, 0.25) is 0 Å². The maximum Gasteiger partial charge on any atom is 0.0485 e. The molecule has 0 aliphatic carbocycles. The van der Waals surface area contributed by atoms with E-state index in [4.69, 9.17) is 16.7 Å². The van der Waals surface area contributed by atoms with E-state index in [1.165, 1.54) is 11.1 Å². The van der Waals surface area contributed by atoms with Gasteiger partial charge < -0.3 is 10.4 Å². The van der Waals surface area contributed by atoms with Crippen molar-refractivity contribution >= 4 is 17.3 Å². The zero-order valence-corrected chi connectivity index (χ0v) is 12.4. The van der Waals surface area contributed by atoms with Crippen LogP contribution in [0.25, 0.3) is 0 Å². The van der Waals surface area contributed by atoms with Crippen LogP contribution in [0.1, 0.15) is 30.5 Å². The molecule has 0 amide bonds. The van der Waals surface area contributed by atoms with E-state index >= 15 is 0 Å². The molecule has 0 saturated carbocycles. The van der Waals surface area contributed by atoms with Crippen molar-refractivity contribution in [2.75, 3.05) is 11.9 Å². The van der Waals surface area contributed by atoms with Gasteiger partial charge in [-0.15, -0.1) is 0 Å². The molecule has 1 unspecified atom stereocenters. The highest BCUT2D eigenvalue weighted by Gasteiger charge is 2.05. The lowest BCUT2D eigenvalue weighted by Crippen LogP contribution is -2.06. The molecule has 0 saturated heterocycles. The van der Waals surface area contributed by atoms with E-state index in [-0.39, 0.29) is 12.6 Å². The lowest BCUT2D eigenvalue weighted by Gasteiger charge is -2.16. The van der Waals surface area contributed by atoms with Crippen LogP contribution < -0.4 is 5.32 Å². The Morgan fingerprint density at radius 2 is 1.90 bits per heavy atom. The average Bonchev–Trinajstić information content (AvgIpc) is 2.46. The summed E-state index contributed by atoms with van der Waals surface area (Å²) in [6.07, 6.45) is 1.71. The molecule has 0 aliphatic rings. The number of nitrogens with one attached hydrogen (secondary N) is 1. The van der Waals surface area contributed by atoms with Gasteiger partial charge in [-0.25, -0.2) is 0 Å². The number of rotatable bonds is 6. The van der Waals surface area contributed by atoms with Gasteiger partial charge in [-0.1, -0.05) is 35.9 Å². The molecule has 0 heterocycles. The van der Waals surface area contributed by atoms with Gasteiger partial charge >= 0.3 is 0 Å². The highest BCUT2D eigenvalue weighted by atomic mass is 35.5. The lowest BCUT2D eigenvalue weighted by molar-refractivity contribution is 0.288. The van der Waals surface area contributed by atoms with E-state index in [1.807, 2.05) is 30.3 Å². The van der Waals surface area contributed by atoms with Crippen LogP contribution >= 0.6 is 11.6 Å². The zero-order valence-electron chi connectivity index (χ0n) is 11.6. The highest BCUT2D eigenvalue weighted by molar-refractivity contribution is 6.30. The van der Waals surface area contributed by atoms with Crippen molar-refractivity contribution in [3.05, 3.63) is 64.7 Å². The zero-order chi connectivity index (χ0) is 14.4. The van der Waals surface area contributed by atoms with E-state index in [9.17, 15) is 0 Å². The second-order valence-corrected chi connectivity index (χ2v) is 5.38. The van der Waals surface area contributed by atoms with Crippen molar-refractivity contribution in [1.82, 2.24) is 0 Å². The molecule has 3 heteroatoms. The van der Waals surface area contributed by atoms with Crippen LogP contribution in [0.3, 0.4) is 0 Å². The predicted molar refractivity (Wildman–Crippen MR) is 85.3 cm³/mol. The fraction of sp³-hybridized carbons (Fsp3) is 0.294. The first kappa shape index (κ1) is 14.9. The van der Waals surface area contributed by atoms with Crippen LogP contribution in [-0.2, 0) is 6.42 Å². The molecule has 2 aromatic carbocycles. The minimum Gasteiger partial charge on any atom is -0.396 e. The van der Waals surface area contributed by atoms with Crippen LogP contribution in [0.5, 0.6) is 0 Å². The normalized spacial score (nSPS) is 12.2. The largest absolute Gasteiger partial charge is 0.396 e. The quantitative estimate of drug-likeness (QED) is 0.824. The van der Waals surface area contributed by atoms with Crippen molar-refractivity contribution < 1.29 is 5.11 Å². The van der Waals surface area contributed by atoms with Gasteiger partial charge in [-0.05, 0) is 55.2 Å². The van der Waals surface area contributed by atoms with Gasteiger partial charge in [0.1, 0.15) is 0 Å². The molecule has 106 valence electrons. The Morgan fingerprint density at radius 3 is 2.60 bits per heavy atom. The molecule has 0 fully saturated rings. The molecular formula is C17H20ClNO. The van der Waals surface area contributed by atoms with E-state index in [1.54, 1.807) is 0 Å². The smallest absolute Gasteiger partial charge is 0.0485 e. The topological polar surface area (TPSA) is 32.3 Å². The summed E-state index contributed by atoms with van der Waals surface area (Å²) in [6, 6.07) is 16.5. The van der Waals surface area contributed by atoms with Gasteiger partial charge in [-0.2, -0.15) is 0 Å². The summed E-state index contributed by atoms with van der Waals surface area (Å²) < 4.78 is 0. The van der Waals surface area contributed by atoms with Gasteiger partial charge in [0, 0.05) is 23.4 Å². The summed E-state index contributed by atoms with van der Waals surface area (Å²) in [5.41, 5.74) is 3.55. The van der Waals surface area contributed by atoms with Crippen molar-refractivity contribution in [2.24, 2.45) is 0 Å². The first-order valence-electron chi connectivity index (χ1n) is 6.91. The predicted octanol–water partition coefficient (Wildman–Crippen LogP) is 4.44. The minimum atomic E-state index is 0.223. The van der Waals surface area contributed by atoms with E-state index in [0.717, 1.165) is 23.6 Å². The number of anilines is 1. The van der Waals surface area contributed by atoms with Crippen molar-refractivity contribution in [3.63, 3.8) is 0 Å². The van der Waals surface area contributed by atoms with Gasteiger partial charge in [0.05, 0.1) is 0 Å². The Kier molecular flexibility index (Phi) is 5.45. The third-order valence-corrected chi connectivity index (χ3v) is 3.56. The molecule has 0 aromatic heterocycles. The first-order chi connectivity index (χ1) is 9.69. The number of aliphatic hydroxyl groups is 1. The summed E-state index contributed by atoms with van der Waals surface area (Å²) in [5.74, 6) is 0. The maximum atomic E-state index is 8.89. The average molecular weight is 290 g/mol. The molecule has 20 heavy (non-hydrogen) atoms. The number of hydrogen-bond donors (Lipinski definition) is 2. The van der Waals surface area contributed by atoms with Crippen molar-refractivity contribution in [2.45, 2.75) is 25.8 Å². The first-order valence-corrected chi connectivity index (χ1v) is 7.28. The second kappa shape index (κ2) is 7.32. The maximum absolute atomic E-state index is 8.89. The summed E-state index contributed by atoms with van der Waals surface area (Å²) in [7, 11) is 0. The van der Waals surface area contributed by atoms with Gasteiger partial charge in [-0.3, -0.25) is 0 Å². The molecule has 2 rings (SSSR count). The number of benzene rings is 2. The molecule has 2 nitrogen and oxygen atoms in total. The monoisotopic (exact) mass is 289 g/mol. The molecule has 0 aliphatic heterocycles. The molecule has 0 bridgehead atoms. The SMILES string of the molecule is CC(Nc1cccc(CCCO)c1)c1ccc(Cl)cc1. The van der Waals surface area contributed by atoms with Crippen molar-refractivity contribution in [3.8, 4) is 0 Å². The molecular weight excluding hydrogens is 270 g/mol. The molecule has 0 spiro atoms. The third-order valence-electron chi connectivity index (χ3n) is 3.30. The minimum absolute atomic E-state index is 0.223. The fourth-order valence-corrected chi connectivity index (χ4v) is 2.31. The Balaban J connectivity index is 2.03. The highest BCUT2D eigenvalue weighted by Crippen LogP contribution is 2.21. The Hall–Kier alpha value is -1.51. The van der Waals surface area contributed by atoms with Crippen LogP contribution in [0, 0.1) is 0 Å². The lowest BCUT2D eigenvalue weighted by atomic mass is 10.1. The van der Waals surface area contributed by atoms with E-state index in [0.29, 0.717) is 0 Å². The Labute approximate surface area is 125 Å². The summed E-state index contributed by atoms with van der Waals surface area (Å²) in [6.45, 7) is 2.36. The van der Waals surface area contributed by atoms with Gasteiger partial charge in [0.25, 0.3) is 0 Å².